The number of ether oxygens (including phenoxy) is 1. The molecule has 0 aromatic carbocycles. The van der Waals surface area contributed by atoms with Crippen LogP contribution in [0.1, 0.15) is 118 Å². The fourth-order valence-corrected chi connectivity index (χ4v) is 12.3. The summed E-state index contributed by atoms with van der Waals surface area (Å²) >= 11 is 0. The Morgan fingerprint density at radius 1 is 0.959 bits per heavy atom. The summed E-state index contributed by atoms with van der Waals surface area (Å²) in [6, 6.07) is -0.310. The first kappa shape index (κ1) is 35.8. The maximum atomic E-state index is 14.8. The number of hydrogen-bond donors (Lipinski definition) is 1. The number of likely N-dealkylation sites (N-methyl/N-ethyl adjacent to an activating group) is 1. The molecule has 6 rings (SSSR count). The highest BCUT2D eigenvalue weighted by Gasteiger charge is 2.72. The number of aryl methyl sites for hydroxylation is 1. The molecule has 0 amide bonds. The number of nitrogens with zero attached hydrogens (tertiary/aromatic N) is 1. The highest BCUT2D eigenvalue weighted by atomic mass is 16.6. The summed E-state index contributed by atoms with van der Waals surface area (Å²) in [6.45, 7) is 16.0. The second-order valence-electron chi connectivity index (χ2n) is 18.0. The number of carboxylic acid groups (broad SMARTS) is 1. The molecule has 1 heterocycles. The molecule has 270 valence electrons. The molecule has 10 atom stereocenters. The largest absolute Gasteiger partial charge is 0.519 e. The maximum absolute atomic E-state index is 14.8. The van der Waals surface area contributed by atoms with Crippen molar-refractivity contribution in [1.29, 1.82) is 0 Å². The molecule has 1 N–H and O–H groups in total. The van der Waals surface area contributed by atoms with E-state index in [-0.39, 0.29) is 70.9 Å². The first-order chi connectivity index (χ1) is 22.7. The number of carboxylic acids is 1. The summed E-state index contributed by atoms with van der Waals surface area (Å²) in [5.74, 6) is -2.09. The molecule has 1 aromatic rings. The molecule has 4 fully saturated rings. The number of hydrogen-bond acceptors (Lipinski definition) is 9. The molecule has 0 aliphatic heterocycles. The molecule has 0 radical (unpaired) electrons. The van der Waals surface area contributed by atoms with Crippen LogP contribution in [0.15, 0.2) is 25.3 Å². The average Bonchev–Trinajstić information content (AvgIpc) is 3.33. The number of carbonyl (C=O) groups is 4. The van der Waals surface area contributed by atoms with Crippen molar-refractivity contribution in [3.05, 3.63) is 33.8 Å². The van der Waals surface area contributed by atoms with Gasteiger partial charge in [-0.1, -0.05) is 33.3 Å². The van der Waals surface area contributed by atoms with Crippen LogP contribution in [-0.4, -0.2) is 53.1 Å². The van der Waals surface area contributed by atoms with Gasteiger partial charge in [-0.3, -0.25) is 24.1 Å². The average molecular weight is 682 g/mol. The zero-order valence-electron chi connectivity index (χ0n) is 30.8. The summed E-state index contributed by atoms with van der Waals surface area (Å²) in [7, 11) is 1.88. The summed E-state index contributed by atoms with van der Waals surface area (Å²) in [5.41, 5.74) is -2.02. The first-order valence-corrected chi connectivity index (χ1v) is 18.1. The van der Waals surface area contributed by atoms with Crippen molar-refractivity contribution < 1.29 is 37.9 Å². The molecule has 5 aliphatic rings. The summed E-state index contributed by atoms with van der Waals surface area (Å²) in [5, 5.41) is 10.2. The molecular weight excluding hydrogens is 626 g/mol. The van der Waals surface area contributed by atoms with Gasteiger partial charge >= 0.3 is 17.8 Å². The number of esters is 1. The quantitative estimate of drug-likeness (QED) is 0.316. The zero-order chi connectivity index (χ0) is 36.1. The van der Waals surface area contributed by atoms with Gasteiger partial charge in [0.1, 0.15) is 5.78 Å². The predicted molar refractivity (Wildman–Crippen MR) is 180 cm³/mol. The molecule has 4 saturated carbocycles. The van der Waals surface area contributed by atoms with E-state index in [1.165, 1.54) is 0 Å². The number of fused-ring (bicyclic) bond motifs is 7. The van der Waals surface area contributed by atoms with Gasteiger partial charge in [-0.05, 0) is 132 Å². The standard InChI is InChI=1S/C39H55NO9/c1-22(41)20-40(9)29-11-12-36(5)28(39(29,8)32(45)47-21-27-23(2)48-33(46)49-27)10-13-38(7)30(36)26(42)18-24-25-19-35(4,31(43)44)15-14-34(25,3)16-17-37(24,38)6/h18,25,28-30H,10-17,19-21H2,1-9H3,(H,43,44)/t25-,28+,29-,30+,34+,35-,36-,37+,38+,39-/m0/s1. The van der Waals surface area contributed by atoms with Crippen LogP contribution in [0.4, 0.5) is 0 Å². The van der Waals surface area contributed by atoms with Gasteiger partial charge in [-0.2, -0.15) is 0 Å². The minimum absolute atomic E-state index is 0.00220. The highest BCUT2D eigenvalue weighted by molar-refractivity contribution is 5.96. The van der Waals surface area contributed by atoms with Crippen LogP contribution in [-0.2, 0) is 30.5 Å². The van der Waals surface area contributed by atoms with E-state index < -0.39 is 39.4 Å². The molecule has 5 aliphatic carbocycles. The van der Waals surface area contributed by atoms with E-state index in [1.54, 1.807) is 13.8 Å². The van der Waals surface area contributed by atoms with Crippen molar-refractivity contribution >= 4 is 23.5 Å². The Labute approximate surface area is 289 Å². The van der Waals surface area contributed by atoms with Gasteiger partial charge in [-0.25, -0.2) is 4.79 Å². The van der Waals surface area contributed by atoms with Crippen LogP contribution in [0.3, 0.4) is 0 Å². The van der Waals surface area contributed by atoms with Crippen LogP contribution < -0.4 is 5.82 Å². The normalized spacial score (nSPS) is 43.1. The van der Waals surface area contributed by atoms with E-state index in [1.807, 2.05) is 31.9 Å². The second-order valence-corrected chi connectivity index (χ2v) is 18.0. The Kier molecular flexibility index (Phi) is 8.41. The van der Waals surface area contributed by atoms with E-state index in [0.29, 0.717) is 32.1 Å². The third-order valence-corrected chi connectivity index (χ3v) is 15.3. The molecule has 10 heteroatoms. The van der Waals surface area contributed by atoms with Gasteiger partial charge in [-0.15, -0.1) is 0 Å². The van der Waals surface area contributed by atoms with Crippen molar-refractivity contribution in [3.8, 4) is 0 Å². The fraction of sp³-hybridized carbons (Fsp3) is 0.769. The fourth-order valence-electron chi connectivity index (χ4n) is 12.3. The lowest BCUT2D eigenvalue weighted by Crippen LogP contribution is -2.69. The number of aliphatic carboxylic acids is 1. The van der Waals surface area contributed by atoms with E-state index >= 15 is 0 Å². The maximum Gasteiger partial charge on any atom is 0.519 e. The second kappa shape index (κ2) is 11.5. The zero-order valence-corrected chi connectivity index (χ0v) is 30.8. The molecule has 49 heavy (non-hydrogen) atoms. The molecule has 0 spiro atoms. The summed E-state index contributed by atoms with van der Waals surface area (Å²) in [6.07, 6.45) is 8.62. The lowest BCUT2D eigenvalue weighted by atomic mass is 9.33. The SMILES string of the molecule is CC(=O)CN(C)[C@H]1CC[C@@]2(C)[C@@H](CC[C@]3(C)[C@@H]2C(=O)C=C2[C@@H]4C[C@@](C)(C(=O)O)CC[C@]4(C)CC[C@]23C)[C@]1(C)C(=O)OCc1oc(=O)oc1C. The van der Waals surface area contributed by atoms with E-state index in [4.69, 9.17) is 13.6 Å². The van der Waals surface area contributed by atoms with Gasteiger partial charge in [0.05, 0.1) is 17.4 Å². The number of allylic oxidation sites excluding steroid dienone is 2. The van der Waals surface area contributed by atoms with Crippen molar-refractivity contribution in [1.82, 2.24) is 4.90 Å². The Hall–Kier alpha value is -3.01. The van der Waals surface area contributed by atoms with Crippen molar-refractivity contribution in [2.45, 2.75) is 126 Å². The lowest BCUT2D eigenvalue weighted by Gasteiger charge is -2.70. The van der Waals surface area contributed by atoms with Gasteiger partial charge in [0.2, 0.25) is 0 Å². The van der Waals surface area contributed by atoms with Gasteiger partial charge in [0.25, 0.3) is 0 Å². The number of Topliss-reactive ketones (excluding diaryl/α,β-unsaturated/α-hetero) is 1. The Bertz CT molecular complexity index is 1670. The molecule has 0 unspecified atom stereocenters. The third kappa shape index (κ3) is 5.08. The third-order valence-electron chi connectivity index (χ3n) is 15.3. The van der Waals surface area contributed by atoms with Crippen LogP contribution in [0.5, 0.6) is 0 Å². The summed E-state index contributed by atoms with van der Waals surface area (Å²) in [4.78, 5) is 67.8. The minimum Gasteiger partial charge on any atom is -0.481 e. The topological polar surface area (TPSA) is 144 Å². The smallest absolute Gasteiger partial charge is 0.481 e. The van der Waals surface area contributed by atoms with Crippen LogP contribution >= 0.6 is 0 Å². The Balaban J connectivity index is 1.41. The monoisotopic (exact) mass is 681 g/mol. The number of carbonyl (C=O) groups excluding carboxylic acids is 3. The molecule has 0 bridgehead atoms. The first-order valence-electron chi connectivity index (χ1n) is 18.1. The van der Waals surface area contributed by atoms with Crippen LogP contribution in [0.2, 0.25) is 0 Å². The number of ketones is 2. The Morgan fingerprint density at radius 2 is 1.63 bits per heavy atom. The Morgan fingerprint density at radius 3 is 2.24 bits per heavy atom. The molecule has 0 saturated heterocycles. The number of rotatable bonds is 7. The van der Waals surface area contributed by atoms with Gasteiger partial charge < -0.3 is 18.7 Å². The van der Waals surface area contributed by atoms with Crippen molar-refractivity contribution in [2.24, 2.45) is 50.2 Å². The lowest BCUT2D eigenvalue weighted by molar-refractivity contribution is -0.211. The molecule has 10 nitrogen and oxygen atoms in total. The van der Waals surface area contributed by atoms with Crippen LogP contribution in [0.25, 0.3) is 0 Å². The van der Waals surface area contributed by atoms with E-state index in [2.05, 4.69) is 27.7 Å². The van der Waals surface area contributed by atoms with Gasteiger partial charge in [0.15, 0.2) is 23.9 Å². The predicted octanol–water partition coefficient (Wildman–Crippen LogP) is 6.52. The highest BCUT2D eigenvalue weighted by Crippen LogP contribution is 2.75. The van der Waals surface area contributed by atoms with Crippen molar-refractivity contribution in [2.75, 3.05) is 13.6 Å². The van der Waals surface area contributed by atoms with E-state index in [0.717, 1.165) is 31.3 Å². The summed E-state index contributed by atoms with van der Waals surface area (Å²) < 4.78 is 16.1. The van der Waals surface area contributed by atoms with Crippen LogP contribution in [0, 0.1) is 57.2 Å². The molecule has 1 aromatic heterocycles. The van der Waals surface area contributed by atoms with Crippen molar-refractivity contribution in [3.63, 3.8) is 0 Å². The molecular formula is C39H55NO9. The minimum atomic E-state index is -1.07. The van der Waals surface area contributed by atoms with Gasteiger partial charge in [0, 0.05) is 12.0 Å². The van der Waals surface area contributed by atoms with E-state index in [9.17, 15) is 29.1 Å².